The van der Waals surface area contributed by atoms with Crippen molar-refractivity contribution in [1.82, 2.24) is 5.32 Å². The Hall–Kier alpha value is -1.95. The van der Waals surface area contributed by atoms with Crippen molar-refractivity contribution in [3.8, 4) is 0 Å². The minimum Gasteiger partial charge on any atom is -0.348 e. The zero-order valence-corrected chi connectivity index (χ0v) is 15.3. The molecule has 0 bridgehead atoms. The van der Waals surface area contributed by atoms with Crippen LogP contribution in [0.1, 0.15) is 33.1 Å². The summed E-state index contributed by atoms with van der Waals surface area (Å²) in [5, 5.41) is 5.84. The Kier molecular flexibility index (Phi) is 6.93. The number of nitrogens with one attached hydrogen (secondary N) is 3. The van der Waals surface area contributed by atoms with Crippen molar-refractivity contribution in [3.63, 3.8) is 0 Å². The van der Waals surface area contributed by atoms with Gasteiger partial charge in [0.2, 0.25) is 0 Å². The van der Waals surface area contributed by atoms with Gasteiger partial charge >= 0.3 is 0 Å². The van der Waals surface area contributed by atoms with Gasteiger partial charge in [-0.15, -0.1) is 0 Å². The number of rotatable bonds is 6. The molecule has 4 atom stereocenters. The van der Waals surface area contributed by atoms with Crippen LogP contribution in [0.2, 0.25) is 0 Å². The minimum absolute atomic E-state index is 0.0157. The van der Waals surface area contributed by atoms with E-state index in [0.29, 0.717) is 17.5 Å². The molecule has 1 aromatic rings. The van der Waals surface area contributed by atoms with Crippen LogP contribution in [0, 0.1) is 17.7 Å². The summed E-state index contributed by atoms with van der Waals surface area (Å²) in [5.41, 5.74) is 0.550. The number of quaternary nitrogens is 1. The van der Waals surface area contributed by atoms with Gasteiger partial charge in [-0.1, -0.05) is 26.7 Å². The molecule has 2 rings (SSSR count). The first-order chi connectivity index (χ1) is 11.8. The molecule has 1 fully saturated rings. The number of amides is 2. The summed E-state index contributed by atoms with van der Waals surface area (Å²) in [7, 11) is 1.82. The van der Waals surface area contributed by atoms with Crippen molar-refractivity contribution in [2.45, 2.75) is 39.2 Å². The quantitative estimate of drug-likeness (QED) is 0.722. The van der Waals surface area contributed by atoms with E-state index in [4.69, 9.17) is 0 Å². The lowest BCUT2D eigenvalue weighted by Crippen LogP contribution is -3.11. The van der Waals surface area contributed by atoms with Gasteiger partial charge in [-0.05, 0) is 42.5 Å². The molecule has 0 aliphatic heterocycles. The summed E-state index contributed by atoms with van der Waals surface area (Å²) in [5.74, 6) is 0.559. The largest absolute Gasteiger partial charge is 0.348 e. The average molecular weight is 350 g/mol. The number of carbonyl (C=O) groups excluding carboxylic acids is 2. The highest BCUT2D eigenvalue weighted by molar-refractivity contribution is 5.91. The molecule has 0 aromatic heterocycles. The summed E-state index contributed by atoms with van der Waals surface area (Å²) in [6.07, 6.45) is 3.41. The van der Waals surface area contributed by atoms with Crippen LogP contribution in [0.5, 0.6) is 0 Å². The van der Waals surface area contributed by atoms with Gasteiger partial charge in [0.25, 0.3) is 11.8 Å². The molecule has 25 heavy (non-hydrogen) atoms. The molecule has 5 nitrogen and oxygen atoms in total. The smallest absolute Gasteiger partial charge is 0.279 e. The van der Waals surface area contributed by atoms with Gasteiger partial charge in [0.1, 0.15) is 5.82 Å². The van der Waals surface area contributed by atoms with Crippen molar-refractivity contribution >= 4 is 17.5 Å². The van der Waals surface area contributed by atoms with Crippen molar-refractivity contribution in [1.29, 1.82) is 0 Å². The van der Waals surface area contributed by atoms with Gasteiger partial charge in [-0.2, -0.15) is 0 Å². The maximum atomic E-state index is 12.9. The number of halogens is 1. The fourth-order valence-electron chi connectivity index (χ4n) is 3.39. The molecule has 2 amide bonds. The van der Waals surface area contributed by atoms with E-state index in [0.717, 1.165) is 17.7 Å². The molecule has 1 aliphatic carbocycles. The van der Waals surface area contributed by atoms with Crippen LogP contribution in [0.3, 0.4) is 0 Å². The van der Waals surface area contributed by atoms with Crippen LogP contribution in [0.15, 0.2) is 24.3 Å². The molecule has 0 heterocycles. The molecule has 1 aromatic carbocycles. The Balaban J connectivity index is 1.75. The third-order valence-corrected chi connectivity index (χ3v) is 5.11. The zero-order valence-electron chi connectivity index (χ0n) is 15.3. The maximum Gasteiger partial charge on any atom is 0.279 e. The van der Waals surface area contributed by atoms with Crippen LogP contribution in [-0.2, 0) is 9.59 Å². The Morgan fingerprint density at radius 1 is 1.12 bits per heavy atom. The predicted octanol–water partition coefficient (Wildman–Crippen LogP) is 1.22. The van der Waals surface area contributed by atoms with Crippen molar-refractivity contribution in [2.75, 3.05) is 25.5 Å². The molecular formula is C19H29FN3O2+. The van der Waals surface area contributed by atoms with Gasteiger partial charge in [0.05, 0.1) is 7.05 Å². The highest BCUT2D eigenvalue weighted by Crippen LogP contribution is 2.29. The van der Waals surface area contributed by atoms with E-state index in [9.17, 15) is 14.0 Å². The van der Waals surface area contributed by atoms with E-state index in [1.165, 1.54) is 30.7 Å². The molecule has 3 N–H and O–H groups in total. The number of carbonyl (C=O) groups is 2. The average Bonchev–Trinajstić information content (AvgIpc) is 2.53. The van der Waals surface area contributed by atoms with Gasteiger partial charge < -0.3 is 15.5 Å². The second kappa shape index (κ2) is 8.94. The number of likely N-dealkylation sites (N-methyl/N-ethyl adjacent to an activating group) is 1. The lowest BCUT2D eigenvalue weighted by molar-refractivity contribution is -0.862. The van der Waals surface area contributed by atoms with Crippen molar-refractivity contribution in [3.05, 3.63) is 30.1 Å². The van der Waals surface area contributed by atoms with Crippen LogP contribution in [0.4, 0.5) is 10.1 Å². The molecule has 1 saturated carbocycles. The van der Waals surface area contributed by atoms with E-state index >= 15 is 0 Å². The molecule has 138 valence electrons. The molecule has 1 unspecified atom stereocenters. The normalized spacial score (nSPS) is 24.4. The van der Waals surface area contributed by atoms with Crippen LogP contribution < -0.4 is 15.5 Å². The minimum atomic E-state index is -0.344. The lowest BCUT2D eigenvalue weighted by atomic mass is 9.78. The number of benzene rings is 1. The zero-order chi connectivity index (χ0) is 18.4. The Morgan fingerprint density at radius 2 is 1.76 bits per heavy atom. The first kappa shape index (κ1) is 19.4. The molecule has 0 spiro atoms. The van der Waals surface area contributed by atoms with E-state index < -0.39 is 0 Å². The summed E-state index contributed by atoms with van der Waals surface area (Å²) in [6, 6.07) is 5.86. The Labute approximate surface area is 149 Å². The Morgan fingerprint density at radius 3 is 2.44 bits per heavy atom. The van der Waals surface area contributed by atoms with E-state index in [-0.39, 0.29) is 36.8 Å². The third kappa shape index (κ3) is 6.12. The summed E-state index contributed by atoms with van der Waals surface area (Å²) < 4.78 is 12.9. The lowest BCUT2D eigenvalue weighted by Gasteiger charge is -2.34. The van der Waals surface area contributed by atoms with Gasteiger partial charge in [0, 0.05) is 11.7 Å². The summed E-state index contributed by atoms with van der Waals surface area (Å²) in [6.45, 7) is 4.87. The van der Waals surface area contributed by atoms with Crippen molar-refractivity contribution in [2.24, 2.45) is 11.8 Å². The van der Waals surface area contributed by atoms with Gasteiger partial charge in [0.15, 0.2) is 13.1 Å². The third-order valence-electron chi connectivity index (χ3n) is 5.11. The van der Waals surface area contributed by atoms with E-state index in [2.05, 4.69) is 24.5 Å². The maximum absolute atomic E-state index is 12.9. The first-order valence-electron chi connectivity index (χ1n) is 9.01. The standard InChI is InChI=1S/C19H28FN3O2/c1-13-5-4-6-17(14(13)2)22-19(25)12-23(3)11-18(24)21-16-9-7-15(20)8-10-16/h7-10,13-14,17H,4-6,11-12H2,1-3H3,(H,21,24)(H,22,25)/p+1/t13-,14-,17-/m1/s1. The second-order valence-corrected chi connectivity index (χ2v) is 7.31. The highest BCUT2D eigenvalue weighted by atomic mass is 19.1. The van der Waals surface area contributed by atoms with Crippen LogP contribution in [0.25, 0.3) is 0 Å². The van der Waals surface area contributed by atoms with Crippen molar-refractivity contribution < 1.29 is 18.9 Å². The van der Waals surface area contributed by atoms with Crippen LogP contribution in [-0.4, -0.2) is 38.0 Å². The first-order valence-corrected chi connectivity index (χ1v) is 9.01. The predicted molar refractivity (Wildman–Crippen MR) is 95.8 cm³/mol. The highest BCUT2D eigenvalue weighted by Gasteiger charge is 2.28. The molecule has 1 aliphatic rings. The second-order valence-electron chi connectivity index (χ2n) is 7.31. The topological polar surface area (TPSA) is 62.6 Å². The van der Waals surface area contributed by atoms with Crippen LogP contribution >= 0.6 is 0 Å². The fraction of sp³-hybridized carbons (Fsp3) is 0.579. The number of anilines is 1. The van der Waals surface area contributed by atoms with Gasteiger partial charge in [-0.25, -0.2) is 4.39 Å². The SMILES string of the molecule is C[C@@H]1[C@H](C)CCC[C@H]1NC(=O)C[NH+](C)CC(=O)Nc1ccc(F)cc1. The Bertz CT molecular complexity index is 591. The molecule has 6 heteroatoms. The number of hydrogen-bond acceptors (Lipinski definition) is 2. The summed E-state index contributed by atoms with van der Waals surface area (Å²) in [4.78, 5) is 25.1. The monoisotopic (exact) mass is 350 g/mol. The number of hydrogen-bond donors (Lipinski definition) is 3. The van der Waals surface area contributed by atoms with Gasteiger partial charge in [-0.3, -0.25) is 9.59 Å². The molecular weight excluding hydrogens is 321 g/mol. The van der Waals surface area contributed by atoms with E-state index in [1.54, 1.807) is 0 Å². The fourth-order valence-corrected chi connectivity index (χ4v) is 3.39. The summed E-state index contributed by atoms with van der Waals surface area (Å²) >= 11 is 0. The van der Waals surface area contributed by atoms with E-state index in [1.807, 2.05) is 7.05 Å². The molecule has 0 saturated heterocycles. The molecule has 0 radical (unpaired) electrons.